The van der Waals surface area contributed by atoms with Gasteiger partial charge in [0.05, 0.1) is 14.2 Å². The average Bonchev–Trinajstić information content (AvgIpc) is 2.91. The number of nitrogens with two attached hydrogens (primary N) is 1. The van der Waals surface area contributed by atoms with Crippen molar-refractivity contribution >= 4 is 0 Å². The second-order valence-electron chi connectivity index (χ2n) is 4.72. The molecule has 1 aromatic carbocycles. The van der Waals surface area contributed by atoms with E-state index in [2.05, 4.69) is 0 Å². The van der Waals surface area contributed by atoms with Gasteiger partial charge in [0, 0.05) is 12.1 Å². The Bertz CT molecular complexity index is 350. The second-order valence-corrected chi connectivity index (χ2v) is 4.72. The molecule has 0 radical (unpaired) electrons. The number of hydrogen-bond donors (Lipinski definition) is 1. The molecule has 3 heteroatoms. The van der Waals surface area contributed by atoms with Crippen molar-refractivity contribution in [2.24, 2.45) is 11.7 Å². The first-order chi connectivity index (χ1) is 8.24. The third kappa shape index (κ3) is 2.72. The Morgan fingerprint density at radius 1 is 1.06 bits per heavy atom. The van der Waals surface area contributed by atoms with Gasteiger partial charge in [0.2, 0.25) is 0 Å². The van der Waals surface area contributed by atoms with Crippen molar-refractivity contribution in [1.82, 2.24) is 0 Å². The highest BCUT2D eigenvalue weighted by atomic mass is 16.5. The summed E-state index contributed by atoms with van der Waals surface area (Å²) in [5.74, 6) is 2.23. The highest BCUT2D eigenvalue weighted by Gasteiger charge is 2.23. The molecule has 1 saturated carbocycles. The van der Waals surface area contributed by atoms with Crippen LogP contribution in [0.5, 0.6) is 11.5 Å². The maximum atomic E-state index is 6.34. The van der Waals surface area contributed by atoms with E-state index in [1.165, 1.54) is 25.7 Å². The predicted molar refractivity (Wildman–Crippen MR) is 68.4 cm³/mol. The highest BCUT2D eigenvalue weighted by molar-refractivity contribution is 5.40. The Hall–Kier alpha value is -1.22. The van der Waals surface area contributed by atoms with Crippen molar-refractivity contribution in [1.29, 1.82) is 0 Å². The summed E-state index contributed by atoms with van der Waals surface area (Å²) in [5, 5.41) is 0. The largest absolute Gasteiger partial charge is 0.497 e. The molecule has 0 saturated heterocycles. The Labute approximate surface area is 103 Å². The topological polar surface area (TPSA) is 44.5 Å². The highest BCUT2D eigenvalue weighted by Crippen LogP contribution is 2.36. The molecular formula is C14H21NO2. The smallest absolute Gasteiger partial charge is 0.122 e. The van der Waals surface area contributed by atoms with E-state index in [4.69, 9.17) is 15.2 Å². The van der Waals surface area contributed by atoms with Crippen LogP contribution in [-0.2, 0) is 0 Å². The molecule has 1 aliphatic carbocycles. The molecular weight excluding hydrogens is 214 g/mol. The summed E-state index contributed by atoms with van der Waals surface area (Å²) >= 11 is 0. The summed E-state index contributed by atoms with van der Waals surface area (Å²) in [6, 6.07) is 6.02. The molecule has 0 heterocycles. The molecule has 2 N–H and O–H groups in total. The second kappa shape index (κ2) is 5.41. The van der Waals surface area contributed by atoms with Crippen LogP contribution in [0.15, 0.2) is 18.2 Å². The maximum absolute atomic E-state index is 6.34. The first kappa shape index (κ1) is 12.2. The lowest BCUT2D eigenvalue weighted by atomic mass is 9.92. The van der Waals surface area contributed by atoms with Gasteiger partial charge in [0.25, 0.3) is 0 Å². The fourth-order valence-corrected chi connectivity index (χ4v) is 2.61. The van der Waals surface area contributed by atoms with Crippen LogP contribution in [0.25, 0.3) is 0 Å². The van der Waals surface area contributed by atoms with E-state index < -0.39 is 0 Å². The van der Waals surface area contributed by atoms with Gasteiger partial charge >= 0.3 is 0 Å². The van der Waals surface area contributed by atoms with E-state index in [1.807, 2.05) is 18.2 Å². The van der Waals surface area contributed by atoms with Crippen molar-refractivity contribution in [3.8, 4) is 11.5 Å². The zero-order valence-corrected chi connectivity index (χ0v) is 10.6. The fraction of sp³-hybridized carbons (Fsp3) is 0.571. The van der Waals surface area contributed by atoms with E-state index in [0.29, 0.717) is 5.92 Å². The van der Waals surface area contributed by atoms with Crippen LogP contribution >= 0.6 is 0 Å². The standard InChI is InChI=1S/C14H21NO2/c1-16-12-7-11(8-13(9-12)17-2)14(15)10-5-3-4-6-10/h7-10,14H,3-6,15H2,1-2H3. The zero-order chi connectivity index (χ0) is 12.3. The van der Waals surface area contributed by atoms with Gasteiger partial charge in [-0.2, -0.15) is 0 Å². The fourth-order valence-electron chi connectivity index (χ4n) is 2.61. The minimum atomic E-state index is 0.0986. The first-order valence-corrected chi connectivity index (χ1v) is 6.23. The van der Waals surface area contributed by atoms with Crippen LogP contribution in [0.4, 0.5) is 0 Å². The maximum Gasteiger partial charge on any atom is 0.122 e. The van der Waals surface area contributed by atoms with Crippen LogP contribution in [0.3, 0.4) is 0 Å². The van der Waals surface area contributed by atoms with Gasteiger partial charge in [0.1, 0.15) is 11.5 Å². The summed E-state index contributed by atoms with van der Waals surface area (Å²) in [6.45, 7) is 0. The van der Waals surface area contributed by atoms with Crippen LogP contribution in [0.2, 0.25) is 0 Å². The summed E-state index contributed by atoms with van der Waals surface area (Å²) in [6.07, 6.45) is 5.08. The molecule has 0 aromatic heterocycles. The van der Waals surface area contributed by atoms with Crippen molar-refractivity contribution in [3.05, 3.63) is 23.8 Å². The van der Waals surface area contributed by atoms with E-state index in [0.717, 1.165) is 17.1 Å². The summed E-state index contributed by atoms with van der Waals surface area (Å²) in [4.78, 5) is 0. The molecule has 1 atom stereocenters. The van der Waals surface area contributed by atoms with E-state index in [-0.39, 0.29) is 6.04 Å². The molecule has 2 rings (SSSR count). The molecule has 0 spiro atoms. The Morgan fingerprint density at radius 3 is 2.06 bits per heavy atom. The average molecular weight is 235 g/mol. The SMILES string of the molecule is COc1cc(OC)cc(C(N)C2CCCC2)c1. The van der Waals surface area contributed by atoms with Crippen LogP contribution in [0, 0.1) is 5.92 Å². The summed E-state index contributed by atoms with van der Waals surface area (Å²) in [7, 11) is 3.33. The minimum absolute atomic E-state index is 0.0986. The molecule has 94 valence electrons. The van der Waals surface area contributed by atoms with Gasteiger partial charge in [-0.05, 0) is 36.5 Å². The minimum Gasteiger partial charge on any atom is -0.497 e. The molecule has 1 unspecified atom stereocenters. The van der Waals surface area contributed by atoms with E-state index >= 15 is 0 Å². The normalized spacial score (nSPS) is 18.1. The molecule has 0 bridgehead atoms. The van der Waals surface area contributed by atoms with Gasteiger partial charge < -0.3 is 15.2 Å². The lowest BCUT2D eigenvalue weighted by molar-refractivity contribution is 0.388. The Kier molecular flexibility index (Phi) is 3.89. The summed E-state index contributed by atoms with van der Waals surface area (Å²) in [5.41, 5.74) is 7.45. The molecule has 0 amide bonds. The quantitative estimate of drug-likeness (QED) is 0.872. The summed E-state index contributed by atoms with van der Waals surface area (Å²) < 4.78 is 10.5. The van der Waals surface area contributed by atoms with E-state index in [1.54, 1.807) is 14.2 Å². The molecule has 0 aliphatic heterocycles. The van der Waals surface area contributed by atoms with Gasteiger partial charge in [-0.3, -0.25) is 0 Å². The Morgan fingerprint density at radius 2 is 1.59 bits per heavy atom. The number of ether oxygens (including phenoxy) is 2. The van der Waals surface area contributed by atoms with Crippen molar-refractivity contribution < 1.29 is 9.47 Å². The molecule has 1 aliphatic rings. The molecule has 1 aromatic rings. The lowest BCUT2D eigenvalue weighted by Gasteiger charge is -2.20. The van der Waals surface area contributed by atoms with E-state index in [9.17, 15) is 0 Å². The van der Waals surface area contributed by atoms with Gasteiger partial charge in [-0.1, -0.05) is 12.8 Å². The molecule has 1 fully saturated rings. The Balaban J connectivity index is 2.23. The van der Waals surface area contributed by atoms with Crippen LogP contribution in [0.1, 0.15) is 37.3 Å². The third-order valence-corrected chi connectivity index (χ3v) is 3.67. The predicted octanol–water partition coefficient (Wildman–Crippen LogP) is 2.89. The number of methoxy groups -OCH3 is 2. The van der Waals surface area contributed by atoms with Crippen molar-refractivity contribution in [3.63, 3.8) is 0 Å². The molecule has 17 heavy (non-hydrogen) atoms. The monoisotopic (exact) mass is 235 g/mol. The van der Waals surface area contributed by atoms with Crippen molar-refractivity contribution in [2.45, 2.75) is 31.7 Å². The lowest BCUT2D eigenvalue weighted by Crippen LogP contribution is -2.19. The third-order valence-electron chi connectivity index (χ3n) is 3.67. The number of rotatable bonds is 4. The number of benzene rings is 1. The van der Waals surface area contributed by atoms with Crippen LogP contribution < -0.4 is 15.2 Å². The van der Waals surface area contributed by atoms with Gasteiger partial charge in [-0.15, -0.1) is 0 Å². The first-order valence-electron chi connectivity index (χ1n) is 6.23. The van der Waals surface area contributed by atoms with Gasteiger partial charge in [0.15, 0.2) is 0 Å². The van der Waals surface area contributed by atoms with Crippen molar-refractivity contribution in [2.75, 3.05) is 14.2 Å². The van der Waals surface area contributed by atoms with Gasteiger partial charge in [-0.25, -0.2) is 0 Å². The zero-order valence-electron chi connectivity index (χ0n) is 10.6. The number of hydrogen-bond acceptors (Lipinski definition) is 3. The van der Waals surface area contributed by atoms with Crippen LogP contribution in [-0.4, -0.2) is 14.2 Å². The molecule has 3 nitrogen and oxygen atoms in total.